The summed E-state index contributed by atoms with van der Waals surface area (Å²) in [5.74, 6) is 0. The van der Waals surface area contributed by atoms with Gasteiger partial charge in [-0.25, -0.2) is 4.79 Å². The molecular formula is C13H19Cl2N3O. The molecule has 106 valence electrons. The van der Waals surface area contributed by atoms with Gasteiger partial charge in [0.15, 0.2) is 0 Å². The number of rotatable bonds is 6. The highest BCUT2D eigenvalue weighted by Gasteiger charge is 2.11. The van der Waals surface area contributed by atoms with E-state index < -0.39 is 0 Å². The number of unbranched alkanes of at least 4 members (excludes halogenated alkanes) is 1. The highest BCUT2D eigenvalue weighted by molar-refractivity contribution is 6.35. The van der Waals surface area contributed by atoms with Crippen LogP contribution in [0.5, 0.6) is 0 Å². The van der Waals surface area contributed by atoms with E-state index in [1.54, 1.807) is 18.2 Å². The number of carbonyl (C=O) groups excluding carboxylic acids is 1. The van der Waals surface area contributed by atoms with Gasteiger partial charge in [-0.3, -0.25) is 0 Å². The van der Waals surface area contributed by atoms with Crippen LogP contribution in [-0.4, -0.2) is 18.6 Å². The lowest BCUT2D eigenvalue weighted by molar-refractivity contribution is 0.247. The molecule has 1 rings (SSSR count). The molecule has 0 fully saturated rings. The van der Waals surface area contributed by atoms with Gasteiger partial charge in [-0.1, -0.05) is 43.0 Å². The molecule has 0 aliphatic rings. The molecule has 4 nitrogen and oxygen atoms in total. The van der Waals surface area contributed by atoms with E-state index in [1.165, 1.54) is 0 Å². The highest BCUT2D eigenvalue weighted by Crippen LogP contribution is 2.25. The number of hydrogen-bond acceptors (Lipinski definition) is 2. The van der Waals surface area contributed by atoms with Gasteiger partial charge in [-0.2, -0.15) is 0 Å². The Balaban J connectivity index is 2.56. The third kappa shape index (κ3) is 5.68. The van der Waals surface area contributed by atoms with E-state index in [0.29, 0.717) is 22.3 Å². The minimum Gasteiger partial charge on any atom is -0.334 e. The molecule has 6 heteroatoms. The fourth-order valence-electron chi connectivity index (χ4n) is 1.64. The van der Waals surface area contributed by atoms with Gasteiger partial charge in [-0.05, 0) is 24.6 Å². The molecule has 1 aromatic carbocycles. The monoisotopic (exact) mass is 303 g/mol. The minimum atomic E-state index is -0.323. The molecule has 0 radical (unpaired) electrons. The second kappa shape index (κ2) is 8.25. The maximum atomic E-state index is 11.8. The molecule has 0 aliphatic carbocycles. The van der Waals surface area contributed by atoms with Crippen LogP contribution in [0, 0.1) is 0 Å². The zero-order valence-electron chi connectivity index (χ0n) is 10.9. The molecule has 0 bridgehead atoms. The van der Waals surface area contributed by atoms with E-state index >= 15 is 0 Å². The summed E-state index contributed by atoms with van der Waals surface area (Å²) in [4.78, 5) is 11.8. The number of nitrogens with two attached hydrogens (primary N) is 1. The summed E-state index contributed by atoms with van der Waals surface area (Å²) in [6, 6.07) is 4.55. The first-order valence-electron chi connectivity index (χ1n) is 6.29. The lowest BCUT2D eigenvalue weighted by Gasteiger charge is -2.17. The number of carbonyl (C=O) groups is 1. The van der Waals surface area contributed by atoms with Crippen LogP contribution in [0.3, 0.4) is 0 Å². The fraction of sp³-hybridized carbons (Fsp3) is 0.462. The first-order chi connectivity index (χ1) is 9.06. The smallest absolute Gasteiger partial charge is 0.319 e. The second-order valence-electron chi connectivity index (χ2n) is 4.30. The molecule has 4 N–H and O–H groups in total. The van der Waals surface area contributed by atoms with Crippen molar-refractivity contribution < 1.29 is 4.79 Å². The second-order valence-corrected chi connectivity index (χ2v) is 5.14. The molecule has 0 saturated heterocycles. The standard InChI is InChI=1S/C13H19Cl2N3O/c1-2-3-4-10(8-16)17-13(19)18-12-7-9(14)5-6-11(12)15/h5-7,10H,2-4,8,16H2,1H3,(H2,17,18,19). The van der Waals surface area contributed by atoms with E-state index in [1.807, 2.05) is 0 Å². The van der Waals surface area contributed by atoms with Crippen LogP contribution < -0.4 is 16.4 Å². The van der Waals surface area contributed by atoms with Crippen molar-refractivity contribution in [2.24, 2.45) is 5.73 Å². The zero-order chi connectivity index (χ0) is 14.3. The summed E-state index contributed by atoms with van der Waals surface area (Å²) in [5, 5.41) is 6.45. The van der Waals surface area contributed by atoms with E-state index in [4.69, 9.17) is 28.9 Å². The van der Waals surface area contributed by atoms with Gasteiger partial charge in [0.05, 0.1) is 10.7 Å². The average Bonchev–Trinajstić information content (AvgIpc) is 2.38. The number of anilines is 1. The average molecular weight is 304 g/mol. The lowest BCUT2D eigenvalue weighted by Crippen LogP contribution is -2.42. The van der Waals surface area contributed by atoms with Crippen molar-refractivity contribution in [3.63, 3.8) is 0 Å². The summed E-state index contributed by atoms with van der Waals surface area (Å²) in [6.45, 7) is 2.51. The molecule has 0 spiro atoms. The third-order valence-electron chi connectivity index (χ3n) is 2.70. The van der Waals surface area contributed by atoms with Crippen LogP contribution in [0.15, 0.2) is 18.2 Å². The zero-order valence-corrected chi connectivity index (χ0v) is 12.4. The molecule has 1 atom stereocenters. The molecule has 19 heavy (non-hydrogen) atoms. The van der Waals surface area contributed by atoms with Crippen LogP contribution >= 0.6 is 23.2 Å². The molecule has 0 saturated carbocycles. The van der Waals surface area contributed by atoms with Crippen molar-refractivity contribution in [2.75, 3.05) is 11.9 Å². The van der Waals surface area contributed by atoms with Gasteiger partial charge >= 0.3 is 6.03 Å². The van der Waals surface area contributed by atoms with Gasteiger partial charge in [0, 0.05) is 17.6 Å². The Labute approximate surface area is 123 Å². The maximum Gasteiger partial charge on any atom is 0.319 e. The largest absolute Gasteiger partial charge is 0.334 e. The maximum absolute atomic E-state index is 11.8. The Morgan fingerprint density at radius 1 is 1.42 bits per heavy atom. The summed E-state index contributed by atoms with van der Waals surface area (Å²) in [6.07, 6.45) is 2.96. The summed E-state index contributed by atoms with van der Waals surface area (Å²) in [5.41, 5.74) is 6.10. The first kappa shape index (κ1) is 16.1. The number of hydrogen-bond donors (Lipinski definition) is 3. The van der Waals surface area contributed by atoms with Crippen LogP contribution in [0.4, 0.5) is 10.5 Å². The van der Waals surface area contributed by atoms with Gasteiger partial charge in [0.2, 0.25) is 0 Å². The first-order valence-corrected chi connectivity index (χ1v) is 7.05. The Kier molecular flexibility index (Phi) is 6.99. The Bertz CT molecular complexity index is 426. The Morgan fingerprint density at radius 2 is 2.16 bits per heavy atom. The van der Waals surface area contributed by atoms with Crippen LogP contribution in [0.2, 0.25) is 10.0 Å². The normalized spacial score (nSPS) is 12.0. The van der Waals surface area contributed by atoms with Gasteiger partial charge < -0.3 is 16.4 Å². The molecule has 0 aliphatic heterocycles. The quantitative estimate of drug-likeness (QED) is 0.751. The fourth-order valence-corrected chi connectivity index (χ4v) is 1.97. The van der Waals surface area contributed by atoms with Gasteiger partial charge in [-0.15, -0.1) is 0 Å². The summed E-state index contributed by atoms with van der Waals surface area (Å²) >= 11 is 11.8. The number of nitrogens with one attached hydrogen (secondary N) is 2. The molecule has 1 aromatic rings. The predicted molar refractivity (Wildman–Crippen MR) is 81.0 cm³/mol. The number of urea groups is 1. The topological polar surface area (TPSA) is 67.1 Å². The number of amides is 2. The van der Waals surface area contributed by atoms with Crippen molar-refractivity contribution in [3.05, 3.63) is 28.2 Å². The van der Waals surface area contributed by atoms with Crippen molar-refractivity contribution in [1.29, 1.82) is 0 Å². The van der Waals surface area contributed by atoms with E-state index in [-0.39, 0.29) is 12.1 Å². The summed E-state index contributed by atoms with van der Waals surface area (Å²) in [7, 11) is 0. The van der Waals surface area contributed by atoms with E-state index in [9.17, 15) is 4.79 Å². The van der Waals surface area contributed by atoms with Crippen LogP contribution in [-0.2, 0) is 0 Å². The van der Waals surface area contributed by atoms with Crippen molar-refractivity contribution in [1.82, 2.24) is 5.32 Å². The van der Waals surface area contributed by atoms with E-state index in [0.717, 1.165) is 19.3 Å². The number of halogens is 2. The minimum absolute atomic E-state index is 0.0297. The molecular weight excluding hydrogens is 285 g/mol. The third-order valence-corrected chi connectivity index (χ3v) is 3.27. The number of benzene rings is 1. The predicted octanol–water partition coefficient (Wildman–Crippen LogP) is 3.63. The van der Waals surface area contributed by atoms with Gasteiger partial charge in [0.25, 0.3) is 0 Å². The highest BCUT2D eigenvalue weighted by atomic mass is 35.5. The van der Waals surface area contributed by atoms with Crippen molar-refractivity contribution >= 4 is 34.9 Å². The molecule has 2 amide bonds. The molecule has 1 unspecified atom stereocenters. The van der Waals surface area contributed by atoms with Crippen molar-refractivity contribution in [2.45, 2.75) is 32.2 Å². The van der Waals surface area contributed by atoms with Gasteiger partial charge in [0.1, 0.15) is 0 Å². The summed E-state index contributed by atoms with van der Waals surface area (Å²) < 4.78 is 0. The Hall–Kier alpha value is -0.970. The van der Waals surface area contributed by atoms with Crippen molar-refractivity contribution in [3.8, 4) is 0 Å². The lowest BCUT2D eigenvalue weighted by atomic mass is 10.1. The SMILES string of the molecule is CCCCC(CN)NC(=O)Nc1cc(Cl)ccc1Cl. The Morgan fingerprint density at radius 3 is 2.79 bits per heavy atom. The molecule has 0 aromatic heterocycles. The molecule has 0 heterocycles. The van der Waals surface area contributed by atoms with Crippen LogP contribution in [0.1, 0.15) is 26.2 Å². The van der Waals surface area contributed by atoms with Crippen LogP contribution in [0.25, 0.3) is 0 Å². The van der Waals surface area contributed by atoms with E-state index in [2.05, 4.69) is 17.6 Å².